The first kappa shape index (κ1) is 14.2. The van der Waals surface area contributed by atoms with Gasteiger partial charge in [-0.3, -0.25) is 4.57 Å². The summed E-state index contributed by atoms with van der Waals surface area (Å²) in [6.07, 6.45) is 7.79. The fourth-order valence-corrected chi connectivity index (χ4v) is 3.71. The van der Waals surface area contributed by atoms with Crippen LogP contribution >= 0.6 is 0 Å². The van der Waals surface area contributed by atoms with Gasteiger partial charge in [-0.2, -0.15) is 0 Å². The van der Waals surface area contributed by atoms with E-state index in [4.69, 9.17) is 9.72 Å². The SMILES string of the molecule is CN1CCC(c2nc3cccnc3n2C2CCCCO2)CC1. The monoisotopic (exact) mass is 300 g/mol. The number of rotatable bonds is 2. The van der Waals surface area contributed by atoms with Crippen molar-refractivity contribution < 1.29 is 4.74 Å². The Bertz CT molecular complexity index is 639. The van der Waals surface area contributed by atoms with Crippen molar-refractivity contribution >= 4 is 11.2 Å². The summed E-state index contributed by atoms with van der Waals surface area (Å²) in [5, 5.41) is 0. The Morgan fingerprint density at radius 3 is 2.82 bits per heavy atom. The molecule has 0 radical (unpaired) electrons. The summed E-state index contributed by atoms with van der Waals surface area (Å²) in [7, 11) is 2.20. The van der Waals surface area contributed by atoms with E-state index < -0.39 is 0 Å². The van der Waals surface area contributed by atoms with Crippen molar-refractivity contribution in [3.05, 3.63) is 24.2 Å². The van der Waals surface area contributed by atoms with Gasteiger partial charge in [-0.15, -0.1) is 0 Å². The molecule has 2 saturated heterocycles. The quantitative estimate of drug-likeness (QED) is 0.855. The molecule has 1 unspecified atom stereocenters. The Balaban J connectivity index is 1.75. The lowest BCUT2D eigenvalue weighted by atomic mass is 9.96. The Morgan fingerprint density at radius 2 is 2.05 bits per heavy atom. The number of aromatic nitrogens is 3. The molecular formula is C17H24N4O. The van der Waals surface area contributed by atoms with Crippen LogP contribution in [0, 0.1) is 0 Å². The van der Waals surface area contributed by atoms with Crippen LogP contribution in [-0.4, -0.2) is 46.2 Å². The number of hydrogen-bond donors (Lipinski definition) is 0. The smallest absolute Gasteiger partial charge is 0.162 e. The minimum atomic E-state index is 0.114. The lowest BCUT2D eigenvalue weighted by Gasteiger charge is -2.31. The number of piperidine rings is 1. The molecule has 22 heavy (non-hydrogen) atoms. The fraction of sp³-hybridized carbons (Fsp3) is 0.647. The van der Waals surface area contributed by atoms with Crippen molar-refractivity contribution in [2.75, 3.05) is 26.7 Å². The molecule has 5 heteroatoms. The lowest BCUT2D eigenvalue weighted by molar-refractivity contribution is -0.0323. The first-order valence-corrected chi connectivity index (χ1v) is 8.46. The van der Waals surface area contributed by atoms with Gasteiger partial charge in [0.25, 0.3) is 0 Å². The maximum atomic E-state index is 6.06. The van der Waals surface area contributed by atoms with E-state index >= 15 is 0 Å². The molecule has 0 N–H and O–H groups in total. The van der Waals surface area contributed by atoms with Gasteiger partial charge in [0.1, 0.15) is 17.6 Å². The molecule has 0 aliphatic carbocycles. The van der Waals surface area contributed by atoms with E-state index in [1.165, 1.54) is 31.5 Å². The first-order valence-electron chi connectivity index (χ1n) is 8.46. The number of imidazole rings is 1. The molecule has 1 atom stereocenters. The van der Waals surface area contributed by atoms with Crippen LogP contribution in [0.15, 0.2) is 18.3 Å². The summed E-state index contributed by atoms with van der Waals surface area (Å²) in [6, 6.07) is 4.04. The number of ether oxygens (including phenoxy) is 1. The summed E-state index contributed by atoms with van der Waals surface area (Å²) in [4.78, 5) is 11.9. The van der Waals surface area contributed by atoms with E-state index in [0.717, 1.165) is 37.3 Å². The van der Waals surface area contributed by atoms with Crippen molar-refractivity contribution in [1.29, 1.82) is 0 Å². The molecule has 2 fully saturated rings. The second kappa shape index (κ2) is 5.97. The second-order valence-electron chi connectivity index (χ2n) is 6.58. The Morgan fingerprint density at radius 1 is 1.18 bits per heavy atom. The van der Waals surface area contributed by atoms with E-state index in [9.17, 15) is 0 Å². The molecule has 0 aromatic carbocycles. The third-order valence-electron chi connectivity index (χ3n) is 5.00. The van der Waals surface area contributed by atoms with Crippen molar-refractivity contribution in [3.63, 3.8) is 0 Å². The van der Waals surface area contributed by atoms with Crippen LogP contribution in [0.3, 0.4) is 0 Å². The van der Waals surface area contributed by atoms with Crippen molar-refractivity contribution in [2.24, 2.45) is 0 Å². The van der Waals surface area contributed by atoms with Gasteiger partial charge in [-0.1, -0.05) is 0 Å². The maximum Gasteiger partial charge on any atom is 0.162 e. The molecule has 0 saturated carbocycles. The normalized spacial score (nSPS) is 24.9. The van der Waals surface area contributed by atoms with Crippen LogP contribution in [0.25, 0.3) is 11.2 Å². The molecule has 2 aliphatic heterocycles. The Labute approximate surface area is 131 Å². The van der Waals surface area contributed by atoms with Gasteiger partial charge < -0.3 is 9.64 Å². The van der Waals surface area contributed by atoms with Crippen molar-refractivity contribution in [3.8, 4) is 0 Å². The molecule has 5 nitrogen and oxygen atoms in total. The van der Waals surface area contributed by atoms with Gasteiger partial charge in [-0.05, 0) is 64.4 Å². The minimum Gasteiger partial charge on any atom is -0.358 e. The molecule has 2 aliphatic rings. The Hall–Kier alpha value is -1.46. The number of pyridine rings is 1. The molecule has 0 spiro atoms. The molecule has 2 aromatic heterocycles. The summed E-state index contributed by atoms with van der Waals surface area (Å²) in [5.41, 5.74) is 1.99. The number of nitrogens with zero attached hydrogens (tertiary/aromatic N) is 4. The van der Waals surface area contributed by atoms with Crippen LogP contribution in [0.5, 0.6) is 0 Å². The van der Waals surface area contributed by atoms with Crippen molar-refractivity contribution in [2.45, 2.75) is 44.2 Å². The molecule has 2 aromatic rings. The highest BCUT2D eigenvalue weighted by Crippen LogP contribution is 2.34. The third-order valence-corrected chi connectivity index (χ3v) is 5.00. The summed E-state index contributed by atoms with van der Waals surface area (Å²) >= 11 is 0. The van der Waals surface area contributed by atoms with E-state index in [2.05, 4.69) is 27.6 Å². The molecule has 4 heterocycles. The summed E-state index contributed by atoms with van der Waals surface area (Å²) in [6.45, 7) is 3.14. The van der Waals surface area contributed by atoms with E-state index in [-0.39, 0.29) is 6.23 Å². The average Bonchev–Trinajstić information content (AvgIpc) is 2.96. The summed E-state index contributed by atoms with van der Waals surface area (Å²) in [5.74, 6) is 1.71. The number of fused-ring (bicyclic) bond motifs is 1. The highest BCUT2D eigenvalue weighted by molar-refractivity contribution is 5.71. The first-order chi connectivity index (χ1) is 10.8. The van der Waals surface area contributed by atoms with E-state index in [1.54, 1.807) is 0 Å². The number of likely N-dealkylation sites (tertiary alicyclic amines) is 1. The predicted molar refractivity (Wildman–Crippen MR) is 85.8 cm³/mol. The zero-order valence-electron chi connectivity index (χ0n) is 13.2. The molecular weight excluding hydrogens is 276 g/mol. The minimum absolute atomic E-state index is 0.114. The zero-order valence-corrected chi connectivity index (χ0v) is 13.2. The van der Waals surface area contributed by atoms with Crippen LogP contribution < -0.4 is 0 Å². The van der Waals surface area contributed by atoms with E-state index in [1.807, 2.05) is 12.3 Å². The van der Waals surface area contributed by atoms with Gasteiger partial charge in [-0.25, -0.2) is 9.97 Å². The molecule has 4 rings (SSSR count). The molecule has 0 amide bonds. The zero-order chi connectivity index (χ0) is 14.9. The lowest BCUT2D eigenvalue weighted by Crippen LogP contribution is -2.31. The second-order valence-corrected chi connectivity index (χ2v) is 6.58. The van der Waals surface area contributed by atoms with Gasteiger partial charge >= 0.3 is 0 Å². The van der Waals surface area contributed by atoms with Crippen molar-refractivity contribution in [1.82, 2.24) is 19.4 Å². The Kier molecular flexibility index (Phi) is 3.84. The van der Waals surface area contributed by atoms with Crippen LogP contribution in [0.4, 0.5) is 0 Å². The van der Waals surface area contributed by atoms with Crippen LogP contribution in [0.1, 0.15) is 50.1 Å². The number of hydrogen-bond acceptors (Lipinski definition) is 4. The predicted octanol–water partition coefficient (Wildman–Crippen LogP) is 2.94. The average molecular weight is 300 g/mol. The van der Waals surface area contributed by atoms with Crippen LogP contribution in [-0.2, 0) is 4.74 Å². The largest absolute Gasteiger partial charge is 0.358 e. The van der Waals surface area contributed by atoms with Gasteiger partial charge in [0.2, 0.25) is 0 Å². The topological polar surface area (TPSA) is 43.2 Å². The molecule has 118 valence electrons. The highest BCUT2D eigenvalue weighted by Gasteiger charge is 2.28. The van der Waals surface area contributed by atoms with Gasteiger partial charge in [0.15, 0.2) is 5.65 Å². The highest BCUT2D eigenvalue weighted by atomic mass is 16.5. The van der Waals surface area contributed by atoms with Gasteiger partial charge in [0.05, 0.1) is 0 Å². The summed E-state index contributed by atoms with van der Waals surface area (Å²) < 4.78 is 8.35. The maximum absolute atomic E-state index is 6.06. The standard InChI is InChI=1S/C17H24N4O/c1-20-10-7-13(8-11-20)16-19-14-5-4-9-18-17(14)21(16)15-6-2-3-12-22-15/h4-5,9,13,15H,2-3,6-8,10-12H2,1H3. The third kappa shape index (κ3) is 2.52. The fourth-order valence-electron chi connectivity index (χ4n) is 3.71. The van der Waals surface area contributed by atoms with Gasteiger partial charge in [0, 0.05) is 18.7 Å². The van der Waals surface area contributed by atoms with E-state index in [0.29, 0.717) is 5.92 Å². The molecule has 0 bridgehead atoms. The van der Waals surface area contributed by atoms with Crippen LogP contribution in [0.2, 0.25) is 0 Å².